The first-order chi connectivity index (χ1) is 4.36. The molecule has 0 aromatic rings. The molecule has 0 aliphatic carbocycles. The average molecular weight is 148 g/mol. The fourth-order valence-electron chi connectivity index (χ4n) is 0.707. The highest BCUT2D eigenvalue weighted by Crippen LogP contribution is 2.16. The van der Waals surface area contributed by atoms with Gasteiger partial charge in [0.1, 0.15) is 0 Å². The molecule has 3 nitrogen and oxygen atoms in total. The van der Waals surface area contributed by atoms with Crippen LogP contribution in [0.4, 0.5) is 0 Å². The third-order valence-corrected chi connectivity index (χ3v) is 3.35. The second-order valence-corrected chi connectivity index (χ2v) is 4.37. The molecule has 1 unspecified atom stereocenters. The molecule has 0 N–H and O–H groups in total. The summed E-state index contributed by atoms with van der Waals surface area (Å²) in [6.07, 6.45) is 0.446. The molecule has 0 spiro atoms. The largest absolute Gasteiger partial charge is 0.400 e. The summed E-state index contributed by atoms with van der Waals surface area (Å²) in [7, 11) is 2.08. The zero-order valence-electron chi connectivity index (χ0n) is 5.79. The van der Waals surface area contributed by atoms with Crippen molar-refractivity contribution in [1.82, 2.24) is 0 Å². The fraction of sp³-hybridized carbons (Fsp3) is 1.00. The molecule has 0 aromatic heterocycles. The van der Waals surface area contributed by atoms with Gasteiger partial charge in [0.2, 0.25) is 0 Å². The monoisotopic (exact) mass is 148 g/mol. The lowest BCUT2D eigenvalue weighted by Gasteiger charge is -2.07. The maximum absolute atomic E-state index is 5.09. The molecule has 1 heterocycles. The zero-order chi connectivity index (χ0) is 6.69. The maximum Gasteiger partial charge on any atom is 0.323 e. The van der Waals surface area contributed by atoms with Crippen LogP contribution in [0.3, 0.4) is 0 Å². The molecule has 1 atom stereocenters. The van der Waals surface area contributed by atoms with Gasteiger partial charge in [-0.2, -0.15) is 0 Å². The number of rotatable bonds is 4. The topological polar surface area (TPSA) is 31.0 Å². The summed E-state index contributed by atoms with van der Waals surface area (Å²) >= 11 is 0. The predicted molar refractivity (Wildman–Crippen MR) is 35.7 cm³/mol. The van der Waals surface area contributed by atoms with Gasteiger partial charge in [-0.05, 0) is 0 Å². The van der Waals surface area contributed by atoms with Crippen LogP contribution >= 0.6 is 0 Å². The Labute approximate surface area is 56.8 Å². The molecule has 0 bridgehead atoms. The van der Waals surface area contributed by atoms with Crippen LogP contribution in [-0.4, -0.2) is 36.2 Å². The van der Waals surface area contributed by atoms with Gasteiger partial charge in [-0.3, -0.25) is 0 Å². The van der Waals surface area contributed by atoms with E-state index in [1.807, 2.05) is 0 Å². The minimum absolute atomic E-state index is 0.446. The van der Waals surface area contributed by atoms with Crippen LogP contribution in [0.5, 0.6) is 0 Å². The van der Waals surface area contributed by atoms with Crippen molar-refractivity contribution in [3.63, 3.8) is 0 Å². The molecular weight excluding hydrogens is 136 g/mol. The molecule has 1 saturated heterocycles. The Morgan fingerprint density at radius 3 is 2.44 bits per heavy atom. The molecule has 1 aliphatic rings. The Morgan fingerprint density at radius 1 is 1.56 bits per heavy atom. The highest BCUT2D eigenvalue weighted by atomic mass is 28.3. The van der Waals surface area contributed by atoms with Gasteiger partial charge in [-0.1, -0.05) is 0 Å². The normalized spacial score (nSPS) is 25.0. The Hall–Kier alpha value is 0.0969. The lowest BCUT2D eigenvalue weighted by molar-refractivity contribution is 0.271. The third kappa shape index (κ3) is 2.44. The quantitative estimate of drug-likeness (QED) is 0.412. The van der Waals surface area contributed by atoms with E-state index in [-0.39, 0.29) is 0 Å². The van der Waals surface area contributed by atoms with Crippen molar-refractivity contribution in [2.24, 2.45) is 0 Å². The van der Waals surface area contributed by atoms with Crippen LogP contribution in [0.2, 0.25) is 6.04 Å². The second kappa shape index (κ2) is 3.31. The Balaban J connectivity index is 2.05. The molecule has 1 fully saturated rings. The molecule has 1 rings (SSSR count). The molecule has 54 valence electrons. The van der Waals surface area contributed by atoms with Crippen molar-refractivity contribution in [3.8, 4) is 0 Å². The third-order valence-electron chi connectivity index (χ3n) is 1.38. The van der Waals surface area contributed by atoms with E-state index in [2.05, 4.69) is 0 Å². The first kappa shape index (κ1) is 7.21. The molecule has 9 heavy (non-hydrogen) atoms. The number of hydrogen-bond donors (Lipinski definition) is 0. The van der Waals surface area contributed by atoms with Crippen molar-refractivity contribution < 1.29 is 13.6 Å². The predicted octanol–water partition coefficient (Wildman–Crippen LogP) is -0.102. The molecule has 0 radical (unpaired) electrons. The molecule has 0 saturated carbocycles. The number of hydrogen-bond acceptors (Lipinski definition) is 3. The molecule has 4 heteroatoms. The van der Waals surface area contributed by atoms with Crippen molar-refractivity contribution in [2.75, 3.05) is 20.8 Å². The van der Waals surface area contributed by atoms with E-state index in [0.717, 1.165) is 12.7 Å². The lowest BCUT2D eigenvalue weighted by atomic mass is 10.6. The summed E-state index contributed by atoms with van der Waals surface area (Å²) in [6.45, 7) is 0.899. The van der Waals surface area contributed by atoms with Gasteiger partial charge in [-0.15, -0.1) is 0 Å². The van der Waals surface area contributed by atoms with Crippen LogP contribution in [0.15, 0.2) is 0 Å². The Morgan fingerprint density at radius 2 is 2.11 bits per heavy atom. The van der Waals surface area contributed by atoms with E-state index >= 15 is 0 Å². The highest BCUT2D eigenvalue weighted by Gasteiger charge is 2.28. The van der Waals surface area contributed by atoms with Gasteiger partial charge < -0.3 is 13.6 Å². The number of ether oxygens (including phenoxy) is 1. The number of epoxide rings is 1. The molecule has 0 amide bonds. The van der Waals surface area contributed by atoms with Crippen molar-refractivity contribution in [1.29, 1.82) is 0 Å². The Bertz CT molecular complexity index is 80.3. The molecule has 0 aromatic carbocycles. The highest BCUT2D eigenvalue weighted by molar-refractivity contribution is 6.44. The van der Waals surface area contributed by atoms with E-state index in [0.29, 0.717) is 6.10 Å². The summed E-state index contributed by atoms with van der Waals surface area (Å²) in [5, 5.41) is 0. The SMILES string of the molecule is CO[SiH](CC1CO1)OC. The fourth-order valence-corrected chi connectivity index (χ4v) is 1.99. The summed E-state index contributed by atoms with van der Waals surface area (Å²) in [5.74, 6) is 0. The van der Waals surface area contributed by atoms with Gasteiger partial charge in [0.05, 0.1) is 12.7 Å². The Kier molecular flexibility index (Phi) is 2.65. The summed E-state index contributed by atoms with van der Waals surface area (Å²) in [6, 6.07) is 0.993. The van der Waals surface area contributed by atoms with E-state index in [4.69, 9.17) is 13.6 Å². The zero-order valence-corrected chi connectivity index (χ0v) is 6.95. The van der Waals surface area contributed by atoms with Gasteiger partial charge >= 0.3 is 9.28 Å². The first-order valence-corrected chi connectivity index (χ1v) is 4.80. The molecule has 1 aliphatic heterocycles. The minimum Gasteiger partial charge on any atom is -0.400 e. The van der Waals surface area contributed by atoms with Crippen LogP contribution in [0.1, 0.15) is 0 Å². The lowest BCUT2D eigenvalue weighted by Crippen LogP contribution is -2.20. The van der Waals surface area contributed by atoms with Crippen LogP contribution < -0.4 is 0 Å². The van der Waals surface area contributed by atoms with Crippen molar-refractivity contribution in [3.05, 3.63) is 0 Å². The molecular formula is C5H12O3Si. The van der Waals surface area contributed by atoms with E-state index in [1.165, 1.54) is 0 Å². The summed E-state index contributed by atoms with van der Waals surface area (Å²) in [5.41, 5.74) is 0. The van der Waals surface area contributed by atoms with Crippen molar-refractivity contribution in [2.45, 2.75) is 12.1 Å². The van der Waals surface area contributed by atoms with Gasteiger partial charge in [0, 0.05) is 20.3 Å². The second-order valence-electron chi connectivity index (χ2n) is 2.09. The summed E-state index contributed by atoms with van der Waals surface area (Å²) < 4.78 is 15.2. The van der Waals surface area contributed by atoms with E-state index in [9.17, 15) is 0 Å². The minimum atomic E-state index is -1.31. The van der Waals surface area contributed by atoms with E-state index in [1.54, 1.807) is 14.2 Å². The maximum atomic E-state index is 5.09. The van der Waals surface area contributed by atoms with Gasteiger partial charge in [0.15, 0.2) is 0 Å². The average Bonchev–Trinajstić information content (AvgIpc) is 2.66. The van der Waals surface area contributed by atoms with Gasteiger partial charge in [-0.25, -0.2) is 0 Å². The first-order valence-electron chi connectivity index (χ1n) is 3.04. The van der Waals surface area contributed by atoms with Crippen molar-refractivity contribution >= 4 is 9.28 Å². The van der Waals surface area contributed by atoms with E-state index < -0.39 is 9.28 Å². The van der Waals surface area contributed by atoms with Crippen LogP contribution in [-0.2, 0) is 13.6 Å². The smallest absolute Gasteiger partial charge is 0.323 e. The van der Waals surface area contributed by atoms with Crippen LogP contribution in [0.25, 0.3) is 0 Å². The standard InChI is InChI=1S/C5H12O3Si/c1-6-9(7-2)4-5-3-8-5/h5,9H,3-4H2,1-2H3. The van der Waals surface area contributed by atoms with Gasteiger partial charge in [0.25, 0.3) is 0 Å². The van der Waals surface area contributed by atoms with Crippen LogP contribution in [0, 0.1) is 0 Å². The summed E-state index contributed by atoms with van der Waals surface area (Å²) in [4.78, 5) is 0.